The van der Waals surface area contributed by atoms with Gasteiger partial charge in [0.25, 0.3) is 0 Å². The summed E-state index contributed by atoms with van der Waals surface area (Å²) in [5.74, 6) is -0.0758. The van der Waals surface area contributed by atoms with Gasteiger partial charge in [-0.15, -0.1) is 0 Å². The van der Waals surface area contributed by atoms with Crippen LogP contribution in [0.3, 0.4) is 0 Å². The molecule has 0 unspecified atom stereocenters. The van der Waals surface area contributed by atoms with E-state index in [1.165, 1.54) is 25.3 Å². The summed E-state index contributed by atoms with van der Waals surface area (Å²) in [5.41, 5.74) is 0.207. The van der Waals surface area contributed by atoms with Crippen molar-refractivity contribution in [3.63, 3.8) is 0 Å². The highest BCUT2D eigenvalue weighted by Crippen LogP contribution is 2.35. The minimum atomic E-state index is -0.0758. The van der Waals surface area contributed by atoms with Crippen LogP contribution in [0.1, 0.15) is 19.3 Å². The average Bonchev–Trinajstić information content (AvgIpc) is 2.01. The maximum absolute atomic E-state index is 11.0. The molecule has 1 saturated carbocycles. The summed E-state index contributed by atoms with van der Waals surface area (Å²) >= 11 is 0. The van der Waals surface area contributed by atoms with E-state index in [2.05, 4.69) is 30.9 Å². The Kier molecular flexibility index (Phi) is 3.09. The number of hydrogen-bond acceptors (Lipinski definition) is 2. The van der Waals surface area contributed by atoms with Crippen LogP contribution in [-0.4, -0.2) is 37.0 Å². The highest BCUT2D eigenvalue weighted by molar-refractivity contribution is 5.86. The molecule has 0 heterocycles. The van der Waals surface area contributed by atoms with Crippen molar-refractivity contribution in [1.29, 1.82) is 0 Å². The minimum Gasteiger partial charge on any atom is -0.351 e. The Bertz CT molecular complexity index is 207. The molecule has 0 spiro atoms. The molecule has 3 nitrogen and oxygen atoms in total. The van der Waals surface area contributed by atoms with Gasteiger partial charge in [-0.05, 0) is 39.4 Å². The van der Waals surface area contributed by atoms with Crippen molar-refractivity contribution in [1.82, 2.24) is 10.2 Å². The lowest BCUT2D eigenvalue weighted by molar-refractivity contribution is -0.117. The Morgan fingerprint density at radius 1 is 1.62 bits per heavy atom. The molecule has 1 amide bonds. The lowest BCUT2D eigenvalue weighted by Crippen LogP contribution is -2.57. The van der Waals surface area contributed by atoms with E-state index in [-0.39, 0.29) is 11.4 Å². The fraction of sp³-hybridized carbons (Fsp3) is 0.700. The van der Waals surface area contributed by atoms with Gasteiger partial charge in [0.2, 0.25) is 5.91 Å². The molecule has 0 aromatic carbocycles. The first kappa shape index (κ1) is 10.3. The van der Waals surface area contributed by atoms with Gasteiger partial charge in [0.05, 0.1) is 0 Å². The van der Waals surface area contributed by atoms with Crippen LogP contribution in [0.5, 0.6) is 0 Å². The summed E-state index contributed by atoms with van der Waals surface area (Å²) < 4.78 is 0. The van der Waals surface area contributed by atoms with E-state index in [1.807, 2.05) is 0 Å². The minimum absolute atomic E-state index is 0.0758. The molecule has 0 aromatic rings. The lowest BCUT2D eigenvalue weighted by atomic mass is 9.75. The molecule has 0 saturated heterocycles. The molecule has 1 fully saturated rings. The molecule has 1 aliphatic rings. The van der Waals surface area contributed by atoms with E-state index >= 15 is 0 Å². The van der Waals surface area contributed by atoms with Gasteiger partial charge in [0, 0.05) is 12.1 Å². The summed E-state index contributed by atoms with van der Waals surface area (Å²) in [7, 11) is 4.14. The highest BCUT2D eigenvalue weighted by Gasteiger charge is 2.38. The summed E-state index contributed by atoms with van der Waals surface area (Å²) in [4.78, 5) is 13.2. The van der Waals surface area contributed by atoms with Crippen molar-refractivity contribution in [2.24, 2.45) is 0 Å². The number of nitrogens with one attached hydrogen (secondary N) is 1. The third kappa shape index (κ3) is 2.10. The standard InChI is InChI=1S/C10H18N2O/c1-4-9(13)11-8-10(12(2)3)6-5-7-10/h4H,1,5-8H2,2-3H3,(H,11,13). The van der Waals surface area contributed by atoms with Crippen LogP contribution in [0.15, 0.2) is 12.7 Å². The van der Waals surface area contributed by atoms with Crippen LogP contribution in [0.2, 0.25) is 0 Å². The first-order chi connectivity index (χ1) is 6.10. The summed E-state index contributed by atoms with van der Waals surface area (Å²) in [5, 5.41) is 2.86. The Hall–Kier alpha value is -0.830. The number of hydrogen-bond donors (Lipinski definition) is 1. The van der Waals surface area contributed by atoms with Gasteiger partial charge in [0.1, 0.15) is 0 Å². The Balaban J connectivity index is 2.40. The van der Waals surface area contributed by atoms with Crippen molar-refractivity contribution < 1.29 is 4.79 Å². The van der Waals surface area contributed by atoms with Crippen LogP contribution in [0.25, 0.3) is 0 Å². The molecule has 74 valence electrons. The summed E-state index contributed by atoms with van der Waals surface area (Å²) in [6, 6.07) is 0. The Morgan fingerprint density at radius 2 is 2.23 bits per heavy atom. The number of nitrogens with zero attached hydrogens (tertiary/aromatic N) is 1. The maximum atomic E-state index is 11.0. The van der Waals surface area contributed by atoms with Crippen molar-refractivity contribution in [3.05, 3.63) is 12.7 Å². The van der Waals surface area contributed by atoms with Crippen molar-refractivity contribution in [2.45, 2.75) is 24.8 Å². The predicted octanol–water partition coefficient (Wildman–Crippen LogP) is 0.773. The smallest absolute Gasteiger partial charge is 0.243 e. The quantitative estimate of drug-likeness (QED) is 0.651. The fourth-order valence-corrected chi connectivity index (χ4v) is 1.69. The van der Waals surface area contributed by atoms with Gasteiger partial charge in [0.15, 0.2) is 0 Å². The Labute approximate surface area is 79.8 Å². The topological polar surface area (TPSA) is 32.3 Å². The summed E-state index contributed by atoms with van der Waals surface area (Å²) in [6.07, 6.45) is 4.94. The van der Waals surface area contributed by atoms with E-state index in [4.69, 9.17) is 0 Å². The van der Waals surface area contributed by atoms with Gasteiger partial charge in [-0.25, -0.2) is 0 Å². The second-order valence-electron chi connectivity index (χ2n) is 3.89. The third-order valence-electron chi connectivity index (χ3n) is 3.01. The first-order valence-corrected chi connectivity index (χ1v) is 4.68. The van der Waals surface area contributed by atoms with Gasteiger partial charge in [-0.3, -0.25) is 4.79 Å². The highest BCUT2D eigenvalue weighted by atomic mass is 16.1. The molecular weight excluding hydrogens is 164 g/mol. The second-order valence-corrected chi connectivity index (χ2v) is 3.89. The lowest BCUT2D eigenvalue weighted by Gasteiger charge is -2.47. The molecular formula is C10H18N2O. The molecule has 0 atom stereocenters. The number of rotatable bonds is 4. The van der Waals surface area contributed by atoms with E-state index < -0.39 is 0 Å². The molecule has 1 N–H and O–H groups in total. The summed E-state index contributed by atoms with van der Waals surface area (Å²) in [6.45, 7) is 4.17. The van der Waals surface area contributed by atoms with Crippen LogP contribution >= 0.6 is 0 Å². The predicted molar refractivity (Wildman–Crippen MR) is 53.5 cm³/mol. The molecule has 0 aliphatic heterocycles. The van der Waals surface area contributed by atoms with Crippen LogP contribution in [0.4, 0.5) is 0 Å². The van der Waals surface area contributed by atoms with E-state index in [1.54, 1.807) is 0 Å². The first-order valence-electron chi connectivity index (χ1n) is 4.68. The van der Waals surface area contributed by atoms with Gasteiger partial charge >= 0.3 is 0 Å². The number of likely N-dealkylation sites (N-methyl/N-ethyl adjacent to an activating group) is 1. The third-order valence-corrected chi connectivity index (χ3v) is 3.01. The largest absolute Gasteiger partial charge is 0.351 e. The zero-order valence-electron chi connectivity index (χ0n) is 8.47. The van der Waals surface area contributed by atoms with E-state index in [0.29, 0.717) is 0 Å². The van der Waals surface area contributed by atoms with Gasteiger partial charge in [-0.2, -0.15) is 0 Å². The van der Waals surface area contributed by atoms with Crippen molar-refractivity contribution in [2.75, 3.05) is 20.6 Å². The maximum Gasteiger partial charge on any atom is 0.243 e. The Morgan fingerprint density at radius 3 is 2.54 bits per heavy atom. The van der Waals surface area contributed by atoms with Gasteiger partial charge in [-0.1, -0.05) is 6.58 Å². The number of carbonyl (C=O) groups excluding carboxylic acids is 1. The zero-order chi connectivity index (χ0) is 9.90. The number of amides is 1. The van der Waals surface area contributed by atoms with E-state index in [9.17, 15) is 4.79 Å². The number of carbonyl (C=O) groups is 1. The zero-order valence-corrected chi connectivity index (χ0v) is 8.47. The molecule has 0 aromatic heterocycles. The SMILES string of the molecule is C=CC(=O)NCC1(N(C)C)CCC1. The average molecular weight is 182 g/mol. The van der Waals surface area contributed by atoms with Crippen LogP contribution in [0, 0.1) is 0 Å². The second kappa shape index (κ2) is 3.92. The normalized spacial score (nSPS) is 19.3. The van der Waals surface area contributed by atoms with Crippen LogP contribution < -0.4 is 5.32 Å². The van der Waals surface area contributed by atoms with Gasteiger partial charge < -0.3 is 10.2 Å². The van der Waals surface area contributed by atoms with Crippen molar-refractivity contribution in [3.8, 4) is 0 Å². The van der Waals surface area contributed by atoms with Crippen LogP contribution in [-0.2, 0) is 4.79 Å². The molecule has 13 heavy (non-hydrogen) atoms. The van der Waals surface area contributed by atoms with Crippen molar-refractivity contribution >= 4 is 5.91 Å². The van der Waals surface area contributed by atoms with E-state index in [0.717, 1.165) is 6.54 Å². The molecule has 1 rings (SSSR count). The monoisotopic (exact) mass is 182 g/mol. The fourth-order valence-electron chi connectivity index (χ4n) is 1.69. The molecule has 0 radical (unpaired) electrons. The molecule has 1 aliphatic carbocycles. The molecule has 3 heteroatoms. The molecule has 0 bridgehead atoms.